The Bertz CT molecular complexity index is 1200. The van der Waals surface area contributed by atoms with Crippen LogP contribution in [0, 0.1) is 5.82 Å². The summed E-state index contributed by atoms with van der Waals surface area (Å²) < 4.78 is 22.0. The fraction of sp³-hybridized carbons (Fsp3) is 0.304. The Balaban J connectivity index is 1.88. The van der Waals surface area contributed by atoms with Gasteiger partial charge in [0.1, 0.15) is 11.4 Å². The molecule has 0 radical (unpaired) electrons. The van der Waals surface area contributed by atoms with E-state index in [9.17, 15) is 9.59 Å². The van der Waals surface area contributed by atoms with E-state index in [0.717, 1.165) is 17.7 Å². The minimum Gasteiger partial charge on any atom is -0.462 e. The number of esters is 1. The second kappa shape index (κ2) is 7.89. The number of fused-ring (bicyclic) bond motifs is 3. The molecule has 2 heterocycles. The molecule has 30 heavy (non-hydrogen) atoms. The smallest absolute Gasteiger partial charge is 0.344 e. The van der Waals surface area contributed by atoms with Gasteiger partial charge >= 0.3 is 5.97 Å². The van der Waals surface area contributed by atoms with Gasteiger partial charge in [-0.1, -0.05) is 36.0 Å². The maximum atomic E-state index is 15.0. The molecular weight excluding hydrogens is 403 g/mol. The Hall–Kier alpha value is -2.64. The predicted octanol–water partition coefficient (Wildman–Crippen LogP) is 4.67. The molecule has 0 spiro atoms. The zero-order valence-electron chi connectivity index (χ0n) is 17.4. The summed E-state index contributed by atoms with van der Waals surface area (Å²) in [6.07, 6.45) is 0. The predicted molar refractivity (Wildman–Crippen MR) is 118 cm³/mol. The molecular formula is C23H23FN2O3S. The van der Waals surface area contributed by atoms with Gasteiger partial charge in [0.25, 0.3) is 0 Å². The lowest BCUT2D eigenvalue weighted by molar-refractivity contribution is 0.0518. The molecule has 4 rings (SSSR count). The van der Waals surface area contributed by atoms with E-state index < -0.39 is 17.2 Å². The van der Waals surface area contributed by atoms with Crippen LogP contribution in [0.4, 0.5) is 4.39 Å². The first kappa shape index (κ1) is 20.6. The number of thioether (sulfide) groups is 1. The van der Waals surface area contributed by atoms with E-state index in [4.69, 9.17) is 4.74 Å². The van der Waals surface area contributed by atoms with E-state index in [1.54, 1.807) is 13.0 Å². The Labute approximate surface area is 178 Å². The van der Waals surface area contributed by atoms with Crippen molar-refractivity contribution >= 4 is 28.6 Å². The number of carbonyl (C=O) groups is 1. The molecule has 1 aliphatic heterocycles. The molecule has 7 heteroatoms. The minimum absolute atomic E-state index is 0.00682. The maximum absolute atomic E-state index is 15.0. The lowest BCUT2D eigenvalue weighted by Gasteiger charge is -2.33. The fourth-order valence-corrected chi connectivity index (χ4v) is 4.96. The highest BCUT2D eigenvalue weighted by atomic mass is 32.2. The highest BCUT2D eigenvalue weighted by Crippen LogP contribution is 2.46. The first-order chi connectivity index (χ1) is 14.3. The number of hydrogen-bond acceptors (Lipinski definition) is 5. The van der Waals surface area contributed by atoms with Crippen molar-refractivity contribution in [1.82, 2.24) is 9.47 Å². The van der Waals surface area contributed by atoms with Crippen LogP contribution >= 0.6 is 11.8 Å². The molecule has 0 aliphatic carbocycles. The lowest BCUT2D eigenvalue weighted by atomic mass is 10.00. The Morgan fingerprint density at radius 1 is 1.23 bits per heavy atom. The van der Waals surface area contributed by atoms with Gasteiger partial charge in [0.15, 0.2) is 0 Å². The van der Waals surface area contributed by atoms with Crippen molar-refractivity contribution in [2.45, 2.75) is 30.8 Å². The van der Waals surface area contributed by atoms with Crippen molar-refractivity contribution in [1.29, 1.82) is 0 Å². The second-order valence-corrected chi connectivity index (χ2v) is 8.91. The van der Waals surface area contributed by atoms with Crippen molar-refractivity contribution in [2.75, 3.05) is 20.7 Å². The molecule has 0 bridgehead atoms. The van der Waals surface area contributed by atoms with Gasteiger partial charge in [0.2, 0.25) is 5.43 Å². The van der Waals surface area contributed by atoms with Crippen LogP contribution in [0.5, 0.6) is 0 Å². The van der Waals surface area contributed by atoms with E-state index in [-0.39, 0.29) is 22.9 Å². The van der Waals surface area contributed by atoms with Crippen molar-refractivity contribution in [3.63, 3.8) is 0 Å². The molecule has 0 amide bonds. The molecule has 0 saturated heterocycles. The standard InChI is InChI=1S/C23H23FN2O3S/c1-5-29-23(28)20-21(27)17-10-18(24)16(11-19(17)26-13(2)30-22(20)26)15-8-6-14(7-9-15)12-25(3)4/h6-11,13H,5,12H2,1-4H3. The van der Waals surface area contributed by atoms with Crippen LogP contribution in [-0.2, 0) is 11.3 Å². The summed E-state index contributed by atoms with van der Waals surface area (Å²) in [5, 5.41) is 0.814. The summed E-state index contributed by atoms with van der Waals surface area (Å²) >= 11 is 1.44. The summed E-state index contributed by atoms with van der Waals surface area (Å²) in [5.74, 6) is -1.15. The maximum Gasteiger partial charge on any atom is 0.344 e. The number of carbonyl (C=O) groups excluding carboxylic acids is 1. The van der Waals surface area contributed by atoms with Crippen LogP contribution in [0.3, 0.4) is 0 Å². The van der Waals surface area contributed by atoms with Crippen LogP contribution in [0.25, 0.3) is 22.0 Å². The molecule has 2 aromatic carbocycles. The number of ether oxygens (including phenoxy) is 1. The van der Waals surface area contributed by atoms with Crippen molar-refractivity contribution in [3.8, 4) is 11.1 Å². The summed E-state index contributed by atoms with van der Waals surface area (Å²) in [6, 6.07) is 10.7. The lowest BCUT2D eigenvalue weighted by Crippen LogP contribution is -2.29. The van der Waals surface area contributed by atoms with Crippen LogP contribution in [0.2, 0.25) is 0 Å². The quantitative estimate of drug-likeness (QED) is 0.555. The number of benzene rings is 2. The van der Waals surface area contributed by atoms with Gasteiger partial charge in [-0.2, -0.15) is 0 Å². The number of nitrogens with zero attached hydrogens (tertiary/aromatic N) is 2. The van der Waals surface area contributed by atoms with Crippen LogP contribution in [0.1, 0.15) is 35.1 Å². The third kappa shape index (κ3) is 3.42. The minimum atomic E-state index is -0.659. The number of pyridine rings is 1. The normalized spacial score (nSPS) is 15.2. The average Bonchev–Trinajstić information content (AvgIpc) is 2.68. The number of rotatable bonds is 5. The molecule has 156 valence electrons. The van der Waals surface area contributed by atoms with Gasteiger partial charge in [0.05, 0.1) is 22.5 Å². The number of hydrogen-bond donors (Lipinski definition) is 0. The molecule has 1 aliphatic rings. The summed E-state index contributed by atoms with van der Waals surface area (Å²) in [6.45, 7) is 4.64. The van der Waals surface area contributed by atoms with Crippen LogP contribution in [-0.4, -0.2) is 36.1 Å². The van der Waals surface area contributed by atoms with E-state index >= 15 is 4.39 Å². The Morgan fingerprint density at radius 3 is 2.53 bits per heavy atom. The van der Waals surface area contributed by atoms with Gasteiger partial charge in [-0.05, 0) is 51.2 Å². The highest BCUT2D eigenvalue weighted by molar-refractivity contribution is 8.00. The van der Waals surface area contributed by atoms with Gasteiger partial charge in [-0.15, -0.1) is 0 Å². The van der Waals surface area contributed by atoms with Gasteiger partial charge in [0, 0.05) is 17.5 Å². The molecule has 0 N–H and O–H groups in total. The first-order valence-corrected chi connectivity index (χ1v) is 10.7. The van der Waals surface area contributed by atoms with E-state index in [0.29, 0.717) is 16.1 Å². The van der Waals surface area contributed by atoms with Crippen LogP contribution in [0.15, 0.2) is 46.2 Å². The largest absolute Gasteiger partial charge is 0.462 e. The summed E-state index contributed by atoms with van der Waals surface area (Å²) in [4.78, 5) is 27.4. The molecule has 1 aromatic heterocycles. The highest BCUT2D eigenvalue weighted by Gasteiger charge is 2.33. The third-order valence-electron chi connectivity index (χ3n) is 5.14. The van der Waals surface area contributed by atoms with Crippen molar-refractivity contribution in [3.05, 3.63) is 63.6 Å². The summed E-state index contributed by atoms with van der Waals surface area (Å²) in [7, 11) is 3.99. The van der Waals surface area contributed by atoms with E-state index in [2.05, 4.69) is 4.90 Å². The molecule has 0 saturated carbocycles. The zero-order valence-corrected chi connectivity index (χ0v) is 18.2. The van der Waals surface area contributed by atoms with E-state index in [1.165, 1.54) is 17.8 Å². The first-order valence-electron chi connectivity index (χ1n) is 9.81. The third-order valence-corrected chi connectivity index (χ3v) is 6.31. The van der Waals surface area contributed by atoms with E-state index in [1.807, 2.05) is 49.9 Å². The van der Waals surface area contributed by atoms with Crippen molar-refractivity contribution in [2.24, 2.45) is 0 Å². The van der Waals surface area contributed by atoms with Crippen LogP contribution < -0.4 is 5.43 Å². The number of halogens is 1. The number of aromatic nitrogens is 1. The average molecular weight is 427 g/mol. The monoisotopic (exact) mass is 426 g/mol. The molecule has 1 unspecified atom stereocenters. The van der Waals surface area contributed by atoms with Gasteiger partial charge in [-0.25, -0.2) is 9.18 Å². The molecule has 0 fully saturated rings. The van der Waals surface area contributed by atoms with Crippen molar-refractivity contribution < 1.29 is 13.9 Å². The molecule has 3 aromatic rings. The topological polar surface area (TPSA) is 51.5 Å². The summed E-state index contributed by atoms with van der Waals surface area (Å²) in [5.41, 5.74) is 2.44. The Morgan fingerprint density at radius 2 is 1.93 bits per heavy atom. The fourth-order valence-electron chi connectivity index (χ4n) is 3.81. The SMILES string of the molecule is CCOC(=O)c1c2n(c3cc(-c4ccc(CN(C)C)cc4)c(F)cc3c1=O)C(C)S2. The Kier molecular flexibility index (Phi) is 5.42. The molecule has 5 nitrogen and oxygen atoms in total. The second-order valence-electron chi connectivity index (χ2n) is 7.60. The van der Waals surface area contributed by atoms with Gasteiger partial charge < -0.3 is 14.2 Å². The molecule has 1 atom stereocenters. The zero-order chi connectivity index (χ0) is 21.6. The van der Waals surface area contributed by atoms with Gasteiger partial charge in [-0.3, -0.25) is 4.79 Å².